The standard InChI is InChI=1S/C38H37Cl2N7O4/c1-51-38-22(17-41-18-23-10-14-33(48)43-23)9-13-30(46-38)28-7-3-6-27(36(28)40)26-5-2-4-25(35(26)39)21-8-12-31-29(16-21)37(50)47-32(45-31)20-42-19-24-11-15-34(49)44-24/h2-9,12-13,16,23-24,41-42H,10-11,14-15,17-20H2,1H3,(H,43,48)(H,44,49)(H,45,47,50)/t23-,24+/m1/s1. The lowest BCUT2D eigenvalue weighted by atomic mass is 9.96. The van der Waals surface area contributed by atoms with Crippen molar-refractivity contribution >= 4 is 45.9 Å². The zero-order valence-corrected chi connectivity index (χ0v) is 29.5. The molecule has 51 heavy (non-hydrogen) atoms. The Morgan fingerprint density at radius 1 is 0.765 bits per heavy atom. The van der Waals surface area contributed by atoms with Crippen LogP contribution in [0.1, 0.15) is 37.1 Å². The number of carbonyl (C=O) groups excluding carboxylic acids is 2. The van der Waals surface area contributed by atoms with E-state index in [1.165, 1.54) is 0 Å². The van der Waals surface area contributed by atoms with Crippen LogP contribution in [0.25, 0.3) is 44.4 Å². The highest BCUT2D eigenvalue weighted by molar-refractivity contribution is 6.39. The summed E-state index contributed by atoms with van der Waals surface area (Å²) in [6.07, 6.45) is 2.72. The van der Waals surface area contributed by atoms with Gasteiger partial charge in [0, 0.05) is 72.4 Å². The van der Waals surface area contributed by atoms with Crippen LogP contribution < -0.4 is 31.6 Å². The second-order valence-electron chi connectivity index (χ2n) is 12.8. The van der Waals surface area contributed by atoms with Crippen LogP contribution in [0.2, 0.25) is 10.0 Å². The first kappa shape index (κ1) is 34.6. The number of halogens is 2. The van der Waals surface area contributed by atoms with Crippen molar-refractivity contribution in [1.29, 1.82) is 0 Å². The maximum Gasteiger partial charge on any atom is 0.258 e. The maximum atomic E-state index is 13.2. The monoisotopic (exact) mass is 725 g/mol. The highest BCUT2D eigenvalue weighted by atomic mass is 35.5. The molecule has 0 unspecified atom stereocenters. The minimum absolute atomic E-state index is 0.0652. The summed E-state index contributed by atoms with van der Waals surface area (Å²) in [5, 5.41) is 14.0. The Balaban J connectivity index is 1.10. The van der Waals surface area contributed by atoms with Crippen molar-refractivity contribution in [3.8, 4) is 39.4 Å². The molecule has 5 N–H and O–H groups in total. The second kappa shape index (κ2) is 15.2. The van der Waals surface area contributed by atoms with Crippen molar-refractivity contribution < 1.29 is 14.3 Å². The Bertz CT molecular complexity index is 2190. The number of nitrogens with zero attached hydrogens (tertiary/aromatic N) is 2. The Morgan fingerprint density at radius 3 is 2.04 bits per heavy atom. The minimum atomic E-state index is -0.247. The molecule has 2 aliphatic heterocycles. The van der Waals surface area contributed by atoms with Crippen LogP contribution >= 0.6 is 23.2 Å². The smallest absolute Gasteiger partial charge is 0.258 e. The van der Waals surface area contributed by atoms with Gasteiger partial charge in [0.25, 0.3) is 5.56 Å². The van der Waals surface area contributed by atoms with Gasteiger partial charge in [0.05, 0.1) is 40.3 Å². The molecule has 5 aromatic rings. The van der Waals surface area contributed by atoms with E-state index in [2.05, 4.69) is 31.2 Å². The number of H-pyrrole nitrogens is 1. The molecule has 0 radical (unpaired) electrons. The van der Waals surface area contributed by atoms with Crippen molar-refractivity contribution in [2.75, 3.05) is 20.2 Å². The van der Waals surface area contributed by atoms with Crippen LogP contribution in [0.3, 0.4) is 0 Å². The van der Waals surface area contributed by atoms with Crippen LogP contribution in [-0.4, -0.2) is 59.0 Å². The van der Waals surface area contributed by atoms with E-state index < -0.39 is 0 Å². The molecule has 13 heteroatoms. The van der Waals surface area contributed by atoms with Gasteiger partial charge >= 0.3 is 0 Å². The summed E-state index contributed by atoms with van der Waals surface area (Å²) in [5.41, 5.74) is 5.58. The molecule has 2 aromatic heterocycles. The number of aromatic nitrogens is 3. The zero-order chi connectivity index (χ0) is 35.5. The quantitative estimate of drug-likeness (QED) is 0.115. The highest BCUT2D eigenvalue weighted by Crippen LogP contribution is 2.42. The molecular formula is C38H37Cl2N7O4. The summed E-state index contributed by atoms with van der Waals surface area (Å²) in [6, 6.07) is 21.1. The molecule has 2 saturated heterocycles. The summed E-state index contributed by atoms with van der Waals surface area (Å²) < 4.78 is 5.64. The summed E-state index contributed by atoms with van der Waals surface area (Å²) >= 11 is 14.2. The number of benzene rings is 3. The molecule has 2 fully saturated rings. The summed E-state index contributed by atoms with van der Waals surface area (Å²) in [6.45, 7) is 2.18. The van der Waals surface area contributed by atoms with Crippen LogP contribution in [0.15, 0.2) is 71.5 Å². The van der Waals surface area contributed by atoms with Gasteiger partial charge in [-0.05, 0) is 36.6 Å². The number of aromatic amines is 1. The van der Waals surface area contributed by atoms with E-state index in [1.807, 2.05) is 60.7 Å². The van der Waals surface area contributed by atoms with Gasteiger partial charge < -0.3 is 31.0 Å². The molecular weight excluding hydrogens is 689 g/mol. The summed E-state index contributed by atoms with van der Waals surface area (Å²) in [7, 11) is 1.59. The summed E-state index contributed by atoms with van der Waals surface area (Å²) in [4.78, 5) is 48.4. The number of carbonyl (C=O) groups is 2. The predicted molar refractivity (Wildman–Crippen MR) is 199 cm³/mol. The van der Waals surface area contributed by atoms with Gasteiger partial charge in [-0.1, -0.05) is 71.7 Å². The number of ether oxygens (including phenoxy) is 1. The molecule has 0 spiro atoms. The molecule has 0 aliphatic carbocycles. The number of amides is 2. The second-order valence-corrected chi connectivity index (χ2v) is 13.6. The van der Waals surface area contributed by atoms with E-state index in [0.29, 0.717) is 77.4 Å². The van der Waals surface area contributed by atoms with Gasteiger partial charge in [-0.25, -0.2) is 9.97 Å². The van der Waals surface area contributed by atoms with E-state index >= 15 is 0 Å². The average Bonchev–Trinajstić information content (AvgIpc) is 3.75. The summed E-state index contributed by atoms with van der Waals surface area (Å²) in [5.74, 6) is 1.16. The molecule has 11 nitrogen and oxygen atoms in total. The van der Waals surface area contributed by atoms with Crippen molar-refractivity contribution in [2.24, 2.45) is 0 Å². The first-order valence-electron chi connectivity index (χ1n) is 16.9. The van der Waals surface area contributed by atoms with Crippen LogP contribution in [-0.2, 0) is 22.7 Å². The minimum Gasteiger partial charge on any atom is -0.481 e. The lowest BCUT2D eigenvalue weighted by Gasteiger charge is -2.16. The Kier molecular flexibility index (Phi) is 10.3. The first-order valence-corrected chi connectivity index (χ1v) is 17.7. The number of hydrogen-bond acceptors (Lipinski definition) is 8. The van der Waals surface area contributed by atoms with Crippen molar-refractivity contribution in [3.63, 3.8) is 0 Å². The molecule has 2 aliphatic rings. The third-order valence-electron chi connectivity index (χ3n) is 9.32. The molecule has 0 saturated carbocycles. The van der Waals surface area contributed by atoms with E-state index in [1.54, 1.807) is 13.2 Å². The number of fused-ring (bicyclic) bond motifs is 1. The molecule has 262 valence electrons. The average molecular weight is 727 g/mol. The van der Waals surface area contributed by atoms with E-state index in [-0.39, 0.29) is 29.5 Å². The Hall–Kier alpha value is -4.81. The molecule has 2 amide bonds. The SMILES string of the molecule is COc1nc(-c2cccc(-c3cccc(-c4ccc5nc(CNC[C@@H]6CCC(=O)N6)[nH]c(=O)c5c4)c3Cl)c2Cl)ccc1CNC[C@H]1CCC(=O)N1. The van der Waals surface area contributed by atoms with Gasteiger partial charge in [0.1, 0.15) is 5.82 Å². The third kappa shape index (κ3) is 7.62. The number of methoxy groups -OCH3 is 1. The lowest BCUT2D eigenvalue weighted by molar-refractivity contribution is -0.120. The van der Waals surface area contributed by atoms with Crippen LogP contribution in [0.5, 0.6) is 5.88 Å². The third-order valence-corrected chi connectivity index (χ3v) is 10.1. The van der Waals surface area contributed by atoms with Gasteiger partial charge in [0.2, 0.25) is 17.7 Å². The van der Waals surface area contributed by atoms with Crippen molar-refractivity contribution in [2.45, 2.75) is 50.9 Å². The number of pyridine rings is 1. The predicted octanol–water partition coefficient (Wildman–Crippen LogP) is 5.37. The normalized spacial score (nSPS) is 17.2. The molecule has 7 rings (SSSR count). The van der Waals surface area contributed by atoms with Gasteiger partial charge in [-0.3, -0.25) is 14.4 Å². The fraction of sp³-hybridized carbons (Fsp3) is 0.289. The van der Waals surface area contributed by atoms with Crippen molar-refractivity contribution in [1.82, 2.24) is 36.2 Å². The molecule has 2 atom stereocenters. The lowest BCUT2D eigenvalue weighted by Crippen LogP contribution is -2.35. The van der Waals surface area contributed by atoms with Gasteiger partial charge in [-0.15, -0.1) is 0 Å². The Labute approximate surface area is 304 Å². The topological polar surface area (TPSA) is 150 Å². The van der Waals surface area contributed by atoms with E-state index in [9.17, 15) is 14.4 Å². The first-order chi connectivity index (χ1) is 24.8. The fourth-order valence-electron chi connectivity index (χ4n) is 6.68. The highest BCUT2D eigenvalue weighted by Gasteiger charge is 2.22. The van der Waals surface area contributed by atoms with Crippen LogP contribution in [0, 0.1) is 0 Å². The van der Waals surface area contributed by atoms with Crippen molar-refractivity contribution in [3.05, 3.63) is 98.5 Å². The number of hydrogen-bond donors (Lipinski definition) is 5. The molecule has 3 aromatic carbocycles. The number of rotatable bonds is 12. The van der Waals surface area contributed by atoms with Crippen LogP contribution in [0.4, 0.5) is 0 Å². The maximum absolute atomic E-state index is 13.2. The number of nitrogens with one attached hydrogen (secondary N) is 5. The molecule has 0 bridgehead atoms. The Morgan fingerprint density at radius 2 is 1.39 bits per heavy atom. The molecule has 4 heterocycles. The van der Waals surface area contributed by atoms with Gasteiger partial charge in [-0.2, -0.15) is 0 Å². The van der Waals surface area contributed by atoms with Gasteiger partial charge in [0.15, 0.2) is 0 Å². The van der Waals surface area contributed by atoms with E-state index in [4.69, 9.17) is 32.9 Å². The van der Waals surface area contributed by atoms with E-state index in [0.717, 1.165) is 46.2 Å². The zero-order valence-electron chi connectivity index (χ0n) is 27.9. The largest absolute Gasteiger partial charge is 0.481 e. The fourth-order valence-corrected chi connectivity index (χ4v) is 7.34.